The molecule has 1 heterocycles. The van der Waals surface area contributed by atoms with Crippen LogP contribution in [0.4, 0.5) is 11.5 Å². The second-order valence-electron chi connectivity index (χ2n) is 3.98. The monoisotopic (exact) mass is 293 g/mol. The Labute approximate surface area is 122 Å². The normalized spacial score (nSPS) is 10.9. The molecule has 0 fully saturated rings. The van der Waals surface area contributed by atoms with Crippen molar-refractivity contribution >= 4 is 34.7 Å². The molecule has 0 N–H and O–H groups in total. The van der Waals surface area contributed by atoms with Crippen molar-refractivity contribution in [3.05, 3.63) is 58.7 Å². The van der Waals surface area contributed by atoms with Gasteiger partial charge in [-0.2, -0.15) is 0 Å². The van der Waals surface area contributed by atoms with Crippen LogP contribution < -0.4 is 4.90 Å². The van der Waals surface area contributed by atoms with Gasteiger partial charge in [-0.1, -0.05) is 47.5 Å². The highest BCUT2D eigenvalue weighted by molar-refractivity contribution is 6.29. The first-order valence-electron chi connectivity index (χ1n) is 5.80. The van der Waals surface area contributed by atoms with Crippen LogP contribution in [0.1, 0.15) is 5.56 Å². The highest BCUT2D eigenvalue weighted by atomic mass is 35.5. The molecule has 0 aliphatic rings. The van der Waals surface area contributed by atoms with Crippen LogP contribution in [0.2, 0.25) is 5.15 Å². The van der Waals surface area contributed by atoms with Crippen molar-refractivity contribution in [2.24, 2.45) is 0 Å². The number of hydrogen-bond donors (Lipinski definition) is 0. The summed E-state index contributed by atoms with van der Waals surface area (Å²) in [5, 5.41) is 8.48. The number of para-hydroxylation sites is 1. The Kier molecular flexibility index (Phi) is 4.77. The van der Waals surface area contributed by atoms with Crippen molar-refractivity contribution < 1.29 is 0 Å². The molecule has 0 saturated carbocycles. The second-order valence-corrected chi connectivity index (χ2v) is 4.62. The predicted molar refractivity (Wildman–Crippen MR) is 80.2 cm³/mol. The Bertz CT molecular complexity index is 570. The van der Waals surface area contributed by atoms with Gasteiger partial charge in [0.1, 0.15) is 0 Å². The first kappa shape index (κ1) is 13.8. The Morgan fingerprint density at radius 2 is 1.95 bits per heavy atom. The summed E-state index contributed by atoms with van der Waals surface area (Å²) in [7, 11) is 0. The Morgan fingerprint density at radius 3 is 2.58 bits per heavy atom. The summed E-state index contributed by atoms with van der Waals surface area (Å²) in [5.41, 5.74) is 3.48. The van der Waals surface area contributed by atoms with Gasteiger partial charge in [-0.25, -0.2) is 0 Å². The highest BCUT2D eigenvalue weighted by Crippen LogP contribution is 2.26. The van der Waals surface area contributed by atoms with E-state index in [1.54, 1.807) is 6.07 Å². The van der Waals surface area contributed by atoms with Gasteiger partial charge in [-0.3, -0.25) is 0 Å². The van der Waals surface area contributed by atoms with Gasteiger partial charge in [0.15, 0.2) is 11.0 Å². The van der Waals surface area contributed by atoms with E-state index in [0.717, 1.165) is 17.1 Å². The number of aromatic nitrogens is 2. The van der Waals surface area contributed by atoms with Crippen LogP contribution in [0.25, 0.3) is 0 Å². The van der Waals surface area contributed by atoms with Crippen molar-refractivity contribution in [3.8, 4) is 0 Å². The largest absolute Gasteiger partial charge is 0.321 e. The van der Waals surface area contributed by atoms with Crippen LogP contribution >= 0.6 is 23.2 Å². The minimum absolute atomic E-state index is 0.391. The molecule has 1 aromatic heterocycles. The number of rotatable bonds is 4. The molecule has 0 aliphatic heterocycles. The zero-order valence-electron chi connectivity index (χ0n) is 10.4. The van der Waals surface area contributed by atoms with Crippen molar-refractivity contribution in [1.29, 1.82) is 0 Å². The molecule has 0 saturated heterocycles. The number of anilines is 2. The van der Waals surface area contributed by atoms with E-state index in [0.29, 0.717) is 11.7 Å². The fourth-order valence-electron chi connectivity index (χ4n) is 1.78. The smallest absolute Gasteiger partial charge is 0.159 e. The highest BCUT2D eigenvalue weighted by Gasteiger charge is 2.12. The zero-order valence-corrected chi connectivity index (χ0v) is 11.9. The van der Waals surface area contributed by atoms with Crippen molar-refractivity contribution in [1.82, 2.24) is 10.2 Å². The average Bonchev–Trinajstić information content (AvgIpc) is 2.42. The van der Waals surface area contributed by atoms with Gasteiger partial charge >= 0.3 is 0 Å². The van der Waals surface area contributed by atoms with E-state index in [-0.39, 0.29) is 0 Å². The molecule has 0 bridgehead atoms. The summed E-state index contributed by atoms with van der Waals surface area (Å²) in [6, 6.07) is 11.7. The van der Waals surface area contributed by atoms with Crippen LogP contribution in [0, 0.1) is 6.92 Å². The number of halogens is 2. The molecule has 1 aromatic carbocycles. The Balaban J connectivity index is 2.43. The first-order chi connectivity index (χ1) is 9.22. The van der Waals surface area contributed by atoms with E-state index in [2.05, 4.69) is 10.2 Å². The number of hydrogen-bond acceptors (Lipinski definition) is 3. The third-order valence-electron chi connectivity index (χ3n) is 2.63. The minimum atomic E-state index is 0.391. The third kappa shape index (κ3) is 3.46. The van der Waals surface area contributed by atoms with Crippen LogP contribution in [-0.4, -0.2) is 16.7 Å². The molecule has 98 valence electrons. The fraction of sp³-hybridized carbons (Fsp3) is 0.143. The van der Waals surface area contributed by atoms with Gasteiger partial charge in [-0.15, -0.1) is 10.2 Å². The van der Waals surface area contributed by atoms with E-state index in [1.165, 1.54) is 5.54 Å². The summed E-state index contributed by atoms with van der Waals surface area (Å²) < 4.78 is 0. The lowest BCUT2D eigenvalue weighted by molar-refractivity contribution is 0.946. The Hall–Kier alpha value is -1.58. The quantitative estimate of drug-likeness (QED) is 0.840. The van der Waals surface area contributed by atoms with Crippen molar-refractivity contribution in [2.45, 2.75) is 6.92 Å². The molecule has 2 rings (SSSR count). The lowest BCUT2D eigenvalue weighted by Gasteiger charge is -2.23. The van der Waals surface area contributed by atoms with Crippen LogP contribution in [0.15, 0.2) is 48.0 Å². The lowest BCUT2D eigenvalue weighted by Crippen LogP contribution is -2.19. The van der Waals surface area contributed by atoms with Crippen LogP contribution in [-0.2, 0) is 0 Å². The Morgan fingerprint density at radius 1 is 1.21 bits per heavy atom. The topological polar surface area (TPSA) is 29.0 Å². The minimum Gasteiger partial charge on any atom is -0.321 e. The molecule has 0 spiro atoms. The van der Waals surface area contributed by atoms with E-state index in [9.17, 15) is 0 Å². The average molecular weight is 294 g/mol. The SMILES string of the molecule is Cc1cc(Cl)nnc1N(CC=CCl)c1ccccc1. The molecule has 5 heteroatoms. The zero-order chi connectivity index (χ0) is 13.7. The lowest BCUT2D eigenvalue weighted by atomic mass is 10.2. The predicted octanol–water partition coefficient (Wildman–Crippen LogP) is 4.33. The maximum atomic E-state index is 5.84. The second kappa shape index (κ2) is 6.55. The summed E-state index contributed by atoms with van der Waals surface area (Å²) in [6.07, 6.45) is 1.85. The van der Waals surface area contributed by atoms with E-state index in [1.807, 2.05) is 48.2 Å². The number of aryl methyl sites for hydroxylation is 1. The summed E-state index contributed by atoms with van der Waals surface area (Å²) >= 11 is 11.5. The third-order valence-corrected chi connectivity index (χ3v) is 2.99. The van der Waals surface area contributed by atoms with Crippen molar-refractivity contribution in [2.75, 3.05) is 11.4 Å². The molecule has 2 aromatic rings. The van der Waals surface area contributed by atoms with Crippen LogP contribution in [0.5, 0.6) is 0 Å². The van der Waals surface area contributed by atoms with Gasteiger partial charge < -0.3 is 4.90 Å². The summed E-state index contributed by atoms with van der Waals surface area (Å²) in [6.45, 7) is 2.57. The maximum Gasteiger partial charge on any atom is 0.159 e. The molecule has 0 atom stereocenters. The maximum absolute atomic E-state index is 5.84. The fourth-order valence-corrected chi connectivity index (χ4v) is 2.06. The molecule has 0 aliphatic carbocycles. The number of benzene rings is 1. The molecule has 0 unspecified atom stereocenters. The molecule has 0 radical (unpaired) electrons. The molecular weight excluding hydrogens is 281 g/mol. The number of nitrogens with zero attached hydrogens (tertiary/aromatic N) is 3. The van der Waals surface area contributed by atoms with Gasteiger partial charge in [-0.05, 0) is 30.7 Å². The van der Waals surface area contributed by atoms with E-state index >= 15 is 0 Å². The standard InChI is InChI=1S/C14H13Cl2N3/c1-11-10-13(16)17-18-14(11)19(9-5-8-15)12-6-3-2-4-7-12/h2-8,10H,9H2,1H3. The van der Waals surface area contributed by atoms with E-state index in [4.69, 9.17) is 23.2 Å². The van der Waals surface area contributed by atoms with Gasteiger partial charge in [0, 0.05) is 17.8 Å². The van der Waals surface area contributed by atoms with Crippen LogP contribution in [0.3, 0.4) is 0 Å². The molecule has 3 nitrogen and oxygen atoms in total. The van der Waals surface area contributed by atoms with Gasteiger partial charge in [0.2, 0.25) is 0 Å². The van der Waals surface area contributed by atoms with Gasteiger partial charge in [0.05, 0.1) is 0 Å². The molecular formula is C14H13Cl2N3. The van der Waals surface area contributed by atoms with Crippen molar-refractivity contribution in [3.63, 3.8) is 0 Å². The van der Waals surface area contributed by atoms with Gasteiger partial charge in [0.25, 0.3) is 0 Å². The summed E-state index contributed by atoms with van der Waals surface area (Å²) in [5.74, 6) is 0.769. The molecule has 19 heavy (non-hydrogen) atoms. The molecule has 0 amide bonds. The van der Waals surface area contributed by atoms with E-state index < -0.39 is 0 Å². The first-order valence-corrected chi connectivity index (χ1v) is 6.61. The summed E-state index contributed by atoms with van der Waals surface area (Å²) in [4.78, 5) is 2.03.